The van der Waals surface area contributed by atoms with Gasteiger partial charge in [-0.05, 0) is 37.1 Å². The number of benzene rings is 1. The second-order valence-corrected chi connectivity index (χ2v) is 7.59. The molecule has 0 saturated carbocycles. The molecule has 0 spiro atoms. The molecule has 1 aromatic carbocycles. The predicted molar refractivity (Wildman–Crippen MR) is 89.6 cm³/mol. The molecule has 0 radical (unpaired) electrons. The molecule has 1 atom stereocenters. The van der Waals surface area contributed by atoms with E-state index in [9.17, 15) is 12.8 Å². The predicted octanol–water partition coefficient (Wildman–Crippen LogP) is 2.80. The van der Waals surface area contributed by atoms with Gasteiger partial charge in [-0.25, -0.2) is 12.8 Å². The van der Waals surface area contributed by atoms with Crippen LogP contribution in [0.1, 0.15) is 25.3 Å². The molecule has 1 saturated heterocycles. The molecule has 22 heavy (non-hydrogen) atoms. The van der Waals surface area contributed by atoms with Crippen molar-refractivity contribution in [3.05, 3.63) is 34.6 Å². The van der Waals surface area contributed by atoms with Gasteiger partial charge in [-0.15, -0.1) is 12.4 Å². The van der Waals surface area contributed by atoms with Crippen LogP contribution in [-0.2, 0) is 15.8 Å². The van der Waals surface area contributed by atoms with Crippen LogP contribution in [-0.4, -0.2) is 38.4 Å². The summed E-state index contributed by atoms with van der Waals surface area (Å²) in [6, 6.07) is 4.06. The maximum atomic E-state index is 13.2. The zero-order valence-corrected chi connectivity index (χ0v) is 14.8. The molecule has 2 rings (SSSR count). The lowest BCUT2D eigenvalue weighted by molar-refractivity contribution is 0.334. The van der Waals surface area contributed by atoms with Crippen molar-refractivity contribution in [2.24, 2.45) is 0 Å². The Kier molecular flexibility index (Phi) is 7.55. The topological polar surface area (TPSA) is 49.4 Å². The molecule has 1 aromatic rings. The fraction of sp³-hybridized carbons (Fsp3) is 0.571. The van der Waals surface area contributed by atoms with Gasteiger partial charge in [0, 0.05) is 19.1 Å². The molecule has 1 aliphatic rings. The summed E-state index contributed by atoms with van der Waals surface area (Å²) in [4.78, 5) is 0. The zero-order valence-electron chi connectivity index (χ0n) is 12.4. The molecule has 8 heteroatoms. The molecule has 1 unspecified atom stereocenters. The van der Waals surface area contributed by atoms with Gasteiger partial charge in [0.1, 0.15) is 5.82 Å². The number of sulfonamides is 1. The maximum absolute atomic E-state index is 13.2. The van der Waals surface area contributed by atoms with Gasteiger partial charge in [0.15, 0.2) is 0 Å². The van der Waals surface area contributed by atoms with Crippen LogP contribution >= 0.6 is 24.0 Å². The highest BCUT2D eigenvalue weighted by molar-refractivity contribution is 7.88. The minimum Gasteiger partial charge on any atom is -0.315 e. The van der Waals surface area contributed by atoms with Gasteiger partial charge in [0.05, 0.1) is 10.8 Å². The first kappa shape index (κ1) is 19.6. The van der Waals surface area contributed by atoms with Crippen LogP contribution in [0.5, 0.6) is 0 Å². The Morgan fingerprint density at radius 3 is 2.73 bits per heavy atom. The van der Waals surface area contributed by atoms with E-state index in [0.29, 0.717) is 18.7 Å². The van der Waals surface area contributed by atoms with E-state index in [1.54, 1.807) is 4.31 Å². The van der Waals surface area contributed by atoms with Crippen molar-refractivity contribution < 1.29 is 12.8 Å². The molecule has 0 bridgehead atoms. The van der Waals surface area contributed by atoms with Crippen LogP contribution < -0.4 is 5.32 Å². The highest BCUT2D eigenvalue weighted by Gasteiger charge is 2.31. The van der Waals surface area contributed by atoms with E-state index < -0.39 is 15.8 Å². The normalized spacial score (nSPS) is 18.5. The van der Waals surface area contributed by atoms with Crippen LogP contribution in [0.4, 0.5) is 4.39 Å². The van der Waals surface area contributed by atoms with Crippen LogP contribution in [0.2, 0.25) is 5.02 Å². The molecule has 1 N–H and O–H groups in total. The van der Waals surface area contributed by atoms with Gasteiger partial charge in [-0.1, -0.05) is 24.6 Å². The molecule has 4 nitrogen and oxygen atoms in total. The molecule has 126 valence electrons. The lowest BCUT2D eigenvalue weighted by Gasteiger charge is -2.27. The minimum atomic E-state index is -3.44. The van der Waals surface area contributed by atoms with Gasteiger partial charge in [-0.2, -0.15) is 4.31 Å². The Bertz CT molecular complexity index is 593. The van der Waals surface area contributed by atoms with E-state index in [2.05, 4.69) is 5.32 Å². The first-order chi connectivity index (χ1) is 9.94. The van der Waals surface area contributed by atoms with Crippen molar-refractivity contribution in [1.82, 2.24) is 9.62 Å². The van der Waals surface area contributed by atoms with Gasteiger partial charge >= 0.3 is 0 Å². The average molecular weight is 371 g/mol. The quantitative estimate of drug-likeness (QED) is 0.837. The average Bonchev–Trinajstić information content (AvgIpc) is 2.93. The van der Waals surface area contributed by atoms with Crippen LogP contribution in [0.25, 0.3) is 0 Å². The molecule has 0 aliphatic carbocycles. The van der Waals surface area contributed by atoms with Crippen molar-refractivity contribution >= 4 is 34.0 Å². The smallest absolute Gasteiger partial charge is 0.218 e. The third kappa shape index (κ3) is 4.80. The lowest BCUT2D eigenvalue weighted by Crippen LogP contribution is -2.42. The Balaban J connectivity index is 0.00000242. The highest BCUT2D eigenvalue weighted by atomic mass is 35.5. The fourth-order valence-electron chi connectivity index (χ4n) is 2.58. The van der Waals surface area contributed by atoms with Crippen molar-refractivity contribution in [3.63, 3.8) is 0 Å². The Morgan fingerprint density at radius 2 is 2.18 bits per heavy atom. The minimum absolute atomic E-state index is 0. The molecule has 1 fully saturated rings. The maximum Gasteiger partial charge on any atom is 0.218 e. The summed E-state index contributed by atoms with van der Waals surface area (Å²) in [5.74, 6) is -0.688. The SMILES string of the molecule is CCCN(C1CCNC1)S(=O)(=O)Cc1ccc(F)c(Cl)c1.Cl. The lowest BCUT2D eigenvalue weighted by atomic mass is 10.2. The Morgan fingerprint density at radius 1 is 1.45 bits per heavy atom. The Labute approximate surface area is 142 Å². The van der Waals surface area contributed by atoms with Crippen LogP contribution in [0, 0.1) is 5.82 Å². The second-order valence-electron chi connectivity index (χ2n) is 5.26. The summed E-state index contributed by atoms with van der Waals surface area (Å²) in [5.41, 5.74) is 0.508. The first-order valence-electron chi connectivity index (χ1n) is 7.08. The van der Waals surface area contributed by atoms with Gasteiger partial charge in [0.25, 0.3) is 0 Å². The third-order valence-electron chi connectivity index (χ3n) is 3.58. The van der Waals surface area contributed by atoms with Crippen molar-refractivity contribution in [3.8, 4) is 0 Å². The van der Waals surface area contributed by atoms with Gasteiger partial charge in [-0.3, -0.25) is 0 Å². The van der Waals surface area contributed by atoms with Gasteiger partial charge in [0.2, 0.25) is 10.0 Å². The van der Waals surface area contributed by atoms with E-state index in [-0.39, 0.29) is 29.2 Å². The van der Waals surface area contributed by atoms with E-state index in [0.717, 1.165) is 19.4 Å². The summed E-state index contributed by atoms with van der Waals surface area (Å²) < 4.78 is 40.0. The number of hydrogen-bond acceptors (Lipinski definition) is 3. The van der Waals surface area contributed by atoms with E-state index in [4.69, 9.17) is 11.6 Å². The zero-order chi connectivity index (χ0) is 15.5. The summed E-state index contributed by atoms with van der Waals surface area (Å²) in [5, 5.41) is 3.14. The van der Waals surface area contributed by atoms with E-state index in [1.165, 1.54) is 18.2 Å². The summed E-state index contributed by atoms with van der Waals surface area (Å²) in [7, 11) is -3.44. The molecule has 0 aromatic heterocycles. The van der Waals surface area contributed by atoms with E-state index in [1.807, 2.05) is 6.92 Å². The van der Waals surface area contributed by atoms with Crippen molar-refractivity contribution in [1.29, 1.82) is 0 Å². The number of halogens is 3. The fourth-order valence-corrected chi connectivity index (χ4v) is 4.64. The Hall–Kier alpha value is -0.400. The molecule has 0 amide bonds. The number of nitrogens with one attached hydrogen (secondary N) is 1. The third-order valence-corrected chi connectivity index (χ3v) is 5.76. The van der Waals surface area contributed by atoms with Crippen LogP contribution in [0.15, 0.2) is 18.2 Å². The van der Waals surface area contributed by atoms with Gasteiger partial charge < -0.3 is 5.32 Å². The number of nitrogens with zero attached hydrogens (tertiary/aromatic N) is 1. The molecule has 1 aliphatic heterocycles. The van der Waals surface area contributed by atoms with E-state index >= 15 is 0 Å². The second kappa shape index (κ2) is 8.45. The van der Waals surface area contributed by atoms with Crippen molar-refractivity contribution in [2.45, 2.75) is 31.6 Å². The van der Waals surface area contributed by atoms with Crippen molar-refractivity contribution in [2.75, 3.05) is 19.6 Å². The number of hydrogen-bond donors (Lipinski definition) is 1. The largest absolute Gasteiger partial charge is 0.315 e. The molecular formula is C14H21Cl2FN2O2S. The highest BCUT2D eigenvalue weighted by Crippen LogP contribution is 2.21. The summed E-state index contributed by atoms with van der Waals surface area (Å²) in [6.45, 7) is 3.98. The first-order valence-corrected chi connectivity index (χ1v) is 9.07. The summed E-state index contributed by atoms with van der Waals surface area (Å²) >= 11 is 5.72. The monoisotopic (exact) mass is 370 g/mol. The van der Waals surface area contributed by atoms with Crippen LogP contribution in [0.3, 0.4) is 0 Å². The molecular weight excluding hydrogens is 350 g/mol. The number of rotatable bonds is 6. The summed E-state index contributed by atoms with van der Waals surface area (Å²) in [6.07, 6.45) is 1.59. The standard InChI is InChI=1S/C14H20ClFN2O2S.ClH/c1-2-7-18(12-5-6-17-9-12)21(19,20)10-11-3-4-14(16)13(15)8-11;/h3-4,8,12,17H,2,5-7,9-10H2,1H3;1H. The molecule has 1 heterocycles.